The molecule has 0 spiro atoms. The summed E-state index contributed by atoms with van der Waals surface area (Å²) >= 11 is 0. The molecular formula is C21H26F3N3O4. The summed E-state index contributed by atoms with van der Waals surface area (Å²) in [6.07, 6.45) is -3.23. The topological polar surface area (TPSA) is 81.2 Å². The summed E-state index contributed by atoms with van der Waals surface area (Å²) in [6, 6.07) is 2.71. The lowest BCUT2D eigenvalue weighted by Crippen LogP contribution is -2.67. The molecule has 2 aliphatic heterocycles. The molecule has 0 bridgehead atoms. The molecule has 2 atom stereocenters. The van der Waals surface area contributed by atoms with Crippen LogP contribution in [0.15, 0.2) is 24.3 Å². The molecule has 1 aromatic carbocycles. The number of halogens is 3. The molecule has 0 aliphatic carbocycles. The first-order chi connectivity index (χ1) is 14.6. The molecule has 2 amide bonds. The van der Waals surface area contributed by atoms with Gasteiger partial charge in [0, 0.05) is 26.6 Å². The first kappa shape index (κ1) is 23.1. The second-order valence-electron chi connectivity index (χ2n) is 7.99. The van der Waals surface area contributed by atoms with Crippen molar-refractivity contribution in [2.75, 3.05) is 32.7 Å². The predicted molar refractivity (Wildman–Crippen MR) is 105 cm³/mol. The van der Waals surface area contributed by atoms with Gasteiger partial charge in [-0.15, -0.1) is 0 Å². The van der Waals surface area contributed by atoms with Gasteiger partial charge in [0.1, 0.15) is 0 Å². The number of nitrogens with zero attached hydrogens (tertiary/aromatic N) is 3. The van der Waals surface area contributed by atoms with E-state index in [1.54, 1.807) is 0 Å². The zero-order valence-corrected chi connectivity index (χ0v) is 17.3. The van der Waals surface area contributed by atoms with E-state index in [2.05, 4.69) is 4.90 Å². The Hall–Kier alpha value is -2.62. The molecule has 1 N–H and O–H groups in total. The highest BCUT2D eigenvalue weighted by molar-refractivity contribution is 5.87. The van der Waals surface area contributed by atoms with Gasteiger partial charge >= 0.3 is 12.1 Å². The number of carbonyl (C=O) groups is 3. The van der Waals surface area contributed by atoms with E-state index in [1.807, 2.05) is 0 Å². The Kier molecular flexibility index (Phi) is 6.88. The van der Waals surface area contributed by atoms with Gasteiger partial charge in [-0.1, -0.05) is 18.2 Å². The standard InChI is InChI=1S/C21H26F3N3O4/c1-14(28)26-10-11-27(19(20(30)31)17(26)13-25-8-4-5-9-25)18(29)12-15-6-2-3-7-16(15)21(22,23)24/h2-3,6-7,17,19H,4-5,8-13H2,1H3,(H,30,31). The summed E-state index contributed by atoms with van der Waals surface area (Å²) in [6.45, 7) is 3.32. The van der Waals surface area contributed by atoms with E-state index >= 15 is 0 Å². The maximum atomic E-state index is 13.3. The largest absolute Gasteiger partial charge is 0.480 e. The minimum Gasteiger partial charge on any atom is -0.480 e. The van der Waals surface area contributed by atoms with Crippen molar-refractivity contribution in [1.82, 2.24) is 14.7 Å². The summed E-state index contributed by atoms with van der Waals surface area (Å²) in [7, 11) is 0. The van der Waals surface area contributed by atoms with Crippen LogP contribution in [0.25, 0.3) is 0 Å². The Labute approximate surface area is 178 Å². The molecule has 0 saturated carbocycles. The summed E-state index contributed by atoms with van der Waals surface area (Å²) < 4.78 is 39.9. The van der Waals surface area contributed by atoms with Crippen molar-refractivity contribution >= 4 is 17.8 Å². The fraction of sp³-hybridized carbons (Fsp3) is 0.571. The number of hydrogen-bond acceptors (Lipinski definition) is 4. The second kappa shape index (κ2) is 9.25. The molecule has 0 radical (unpaired) electrons. The normalized spacial score (nSPS) is 22.6. The molecule has 7 nitrogen and oxygen atoms in total. The molecule has 2 heterocycles. The molecular weight excluding hydrogens is 415 g/mol. The molecule has 3 rings (SSSR count). The highest BCUT2D eigenvalue weighted by Crippen LogP contribution is 2.32. The first-order valence-corrected chi connectivity index (χ1v) is 10.3. The lowest BCUT2D eigenvalue weighted by Gasteiger charge is -2.46. The number of benzene rings is 1. The Morgan fingerprint density at radius 3 is 2.23 bits per heavy atom. The lowest BCUT2D eigenvalue weighted by molar-refractivity contribution is -0.161. The molecule has 2 aliphatic rings. The lowest BCUT2D eigenvalue weighted by atomic mass is 9.97. The molecule has 2 unspecified atom stereocenters. The van der Waals surface area contributed by atoms with Gasteiger partial charge in [-0.2, -0.15) is 13.2 Å². The van der Waals surface area contributed by atoms with E-state index in [-0.39, 0.29) is 24.6 Å². The SMILES string of the molecule is CC(=O)N1CCN(C(=O)Cc2ccccc2C(F)(F)F)C(C(=O)O)C1CN1CCCC1. The third-order valence-corrected chi connectivity index (χ3v) is 5.97. The van der Waals surface area contributed by atoms with Crippen LogP contribution in [0.1, 0.15) is 30.9 Å². The molecule has 1 aromatic rings. The van der Waals surface area contributed by atoms with Crippen molar-refractivity contribution in [1.29, 1.82) is 0 Å². The van der Waals surface area contributed by atoms with Crippen LogP contribution < -0.4 is 0 Å². The molecule has 10 heteroatoms. The van der Waals surface area contributed by atoms with Gasteiger partial charge in [-0.25, -0.2) is 4.79 Å². The predicted octanol–water partition coefficient (Wildman–Crippen LogP) is 1.86. The minimum atomic E-state index is -4.62. The molecule has 2 saturated heterocycles. The Bertz CT molecular complexity index is 839. The van der Waals surface area contributed by atoms with Gasteiger partial charge in [0.15, 0.2) is 6.04 Å². The first-order valence-electron chi connectivity index (χ1n) is 10.3. The van der Waals surface area contributed by atoms with E-state index in [4.69, 9.17) is 0 Å². The van der Waals surface area contributed by atoms with Crippen molar-refractivity contribution in [3.63, 3.8) is 0 Å². The average Bonchev–Trinajstić information content (AvgIpc) is 3.19. The Morgan fingerprint density at radius 1 is 1.03 bits per heavy atom. The number of piperazine rings is 1. The van der Waals surface area contributed by atoms with E-state index < -0.39 is 42.1 Å². The maximum absolute atomic E-state index is 13.3. The fourth-order valence-electron chi connectivity index (χ4n) is 4.51. The van der Waals surface area contributed by atoms with Crippen LogP contribution in [-0.4, -0.2) is 82.4 Å². The third kappa shape index (κ3) is 5.17. The molecule has 2 fully saturated rings. The summed E-state index contributed by atoms with van der Waals surface area (Å²) in [5, 5.41) is 9.92. The number of rotatable bonds is 5. The van der Waals surface area contributed by atoms with Crippen molar-refractivity contribution in [3.05, 3.63) is 35.4 Å². The van der Waals surface area contributed by atoms with Crippen LogP contribution in [0.2, 0.25) is 0 Å². The number of carboxylic acids is 1. The van der Waals surface area contributed by atoms with Gasteiger partial charge in [-0.05, 0) is 37.6 Å². The fourth-order valence-corrected chi connectivity index (χ4v) is 4.51. The average molecular weight is 441 g/mol. The van der Waals surface area contributed by atoms with Gasteiger partial charge in [0.05, 0.1) is 18.0 Å². The van der Waals surface area contributed by atoms with Crippen molar-refractivity contribution < 1.29 is 32.7 Å². The van der Waals surface area contributed by atoms with Crippen LogP contribution >= 0.6 is 0 Å². The molecule has 0 aromatic heterocycles. The van der Waals surface area contributed by atoms with Crippen LogP contribution in [-0.2, 0) is 27.0 Å². The van der Waals surface area contributed by atoms with E-state index in [1.165, 1.54) is 30.0 Å². The van der Waals surface area contributed by atoms with Crippen LogP contribution in [0.3, 0.4) is 0 Å². The number of carbonyl (C=O) groups excluding carboxylic acids is 2. The van der Waals surface area contributed by atoms with Crippen LogP contribution in [0.4, 0.5) is 13.2 Å². The number of carboxylic acid groups (broad SMARTS) is 1. The Balaban J connectivity index is 1.86. The van der Waals surface area contributed by atoms with E-state index in [0.29, 0.717) is 6.54 Å². The number of aliphatic carboxylic acids is 1. The maximum Gasteiger partial charge on any atom is 0.416 e. The number of likely N-dealkylation sites (tertiary alicyclic amines) is 1. The highest BCUT2D eigenvalue weighted by atomic mass is 19.4. The highest BCUT2D eigenvalue weighted by Gasteiger charge is 2.45. The van der Waals surface area contributed by atoms with Gasteiger partial charge in [-0.3, -0.25) is 9.59 Å². The van der Waals surface area contributed by atoms with E-state index in [0.717, 1.165) is 36.9 Å². The number of alkyl halides is 3. The molecule has 170 valence electrons. The summed E-state index contributed by atoms with van der Waals surface area (Å²) in [5.41, 5.74) is -1.11. The zero-order chi connectivity index (χ0) is 22.8. The number of hydrogen-bond donors (Lipinski definition) is 1. The van der Waals surface area contributed by atoms with Crippen LogP contribution in [0.5, 0.6) is 0 Å². The summed E-state index contributed by atoms with van der Waals surface area (Å²) in [4.78, 5) is 42.0. The Morgan fingerprint density at radius 2 is 1.65 bits per heavy atom. The zero-order valence-electron chi connectivity index (χ0n) is 17.3. The second-order valence-corrected chi connectivity index (χ2v) is 7.99. The van der Waals surface area contributed by atoms with Crippen molar-refractivity contribution in [2.24, 2.45) is 0 Å². The van der Waals surface area contributed by atoms with Crippen LogP contribution in [0, 0.1) is 0 Å². The van der Waals surface area contributed by atoms with Gasteiger partial charge in [0.25, 0.3) is 0 Å². The van der Waals surface area contributed by atoms with E-state index in [9.17, 15) is 32.7 Å². The quantitative estimate of drug-likeness (QED) is 0.755. The van der Waals surface area contributed by atoms with Gasteiger partial charge in [0.2, 0.25) is 11.8 Å². The number of amides is 2. The van der Waals surface area contributed by atoms with Gasteiger partial charge < -0.3 is 19.8 Å². The smallest absolute Gasteiger partial charge is 0.416 e. The monoisotopic (exact) mass is 441 g/mol. The molecule has 31 heavy (non-hydrogen) atoms. The van der Waals surface area contributed by atoms with Crippen molar-refractivity contribution in [3.8, 4) is 0 Å². The minimum absolute atomic E-state index is 0.0416. The van der Waals surface area contributed by atoms with Crippen molar-refractivity contribution in [2.45, 2.75) is 44.4 Å². The summed E-state index contributed by atoms with van der Waals surface area (Å²) in [5.74, 6) is -2.25. The third-order valence-electron chi connectivity index (χ3n) is 5.97.